The number of hydrogen-bond donors (Lipinski definition) is 1. The van der Waals surface area contributed by atoms with Gasteiger partial charge in [0.1, 0.15) is 5.75 Å². The van der Waals surface area contributed by atoms with Crippen molar-refractivity contribution >= 4 is 11.6 Å². The summed E-state index contributed by atoms with van der Waals surface area (Å²) in [4.78, 5) is 14.5. The zero-order valence-electron chi connectivity index (χ0n) is 13.3. The number of anilines is 1. The first-order valence-corrected chi connectivity index (χ1v) is 7.76. The first-order chi connectivity index (χ1) is 10.0. The minimum atomic E-state index is 0.0283. The van der Waals surface area contributed by atoms with E-state index in [1.807, 2.05) is 11.9 Å². The van der Waals surface area contributed by atoms with Crippen LogP contribution in [-0.2, 0) is 0 Å². The first-order valence-electron chi connectivity index (χ1n) is 7.76. The Morgan fingerprint density at radius 1 is 1.29 bits per heavy atom. The Morgan fingerprint density at radius 3 is 2.52 bits per heavy atom. The van der Waals surface area contributed by atoms with Crippen molar-refractivity contribution in [1.82, 2.24) is 4.90 Å². The monoisotopic (exact) mass is 290 g/mol. The molecule has 1 aromatic carbocycles. The van der Waals surface area contributed by atoms with Gasteiger partial charge in [0.2, 0.25) is 0 Å². The number of amides is 1. The van der Waals surface area contributed by atoms with Crippen molar-refractivity contribution in [3.05, 3.63) is 23.8 Å². The Kier molecular flexibility index (Phi) is 5.10. The number of methoxy groups -OCH3 is 1. The van der Waals surface area contributed by atoms with Gasteiger partial charge in [-0.15, -0.1) is 0 Å². The molecule has 2 N–H and O–H groups in total. The maximum atomic E-state index is 12.6. The van der Waals surface area contributed by atoms with Gasteiger partial charge >= 0.3 is 0 Å². The highest BCUT2D eigenvalue weighted by Gasteiger charge is 2.26. The lowest BCUT2D eigenvalue weighted by Crippen LogP contribution is -2.39. The number of nitrogen functional groups attached to an aromatic ring is 1. The van der Waals surface area contributed by atoms with E-state index in [4.69, 9.17) is 10.5 Å². The minimum absolute atomic E-state index is 0.0283. The van der Waals surface area contributed by atoms with Crippen molar-refractivity contribution in [2.24, 2.45) is 5.92 Å². The van der Waals surface area contributed by atoms with Crippen molar-refractivity contribution in [2.45, 2.75) is 45.1 Å². The van der Waals surface area contributed by atoms with Crippen molar-refractivity contribution in [1.29, 1.82) is 0 Å². The number of rotatable bonds is 4. The van der Waals surface area contributed by atoms with E-state index in [1.54, 1.807) is 25.3 Å². The van der Waals surface area contributed by atoms with Gasteiger partial charge < -0.3 is 15.4 Å². The summed E-state index contributed by atoms with van der Waals surface area (Å²) in [6, 6.07) is 5.54. The molecule has 0 spiro atoms. The molecule has 0 aliphatic heterocycles. The molecule has 0 aromatic heterocycles. The fourth-order valence-corrected chi connectivity index (χ4v) is 3.17. The maximum Gasteiger partial charge on any atom is 0.254 e. The van der Waals surface area contributed by atoms with E-state index in [-0.39, 0.29) is 5.91 Å². The van der Waals surface area contributed by atoms with Crippen LogP contribution in [0.3, 0.4) is 0 Å². The number of ether oxygens (including phenoxy) is 1. The van der Waals surface area contributed by atoms with Gasteiger partial charge in [0.25, 0.3) is 5.91 Å². The van der Waals surface area contributed by atoms with Gasteiger partial charge in [-0.05, 0) is 43.7 Å². The smallest absolute Gasteiger partial charge is 0.254 e. The molecule has 1 saturated carbocycles. The van der Waals surface area contributed by atoms with Crippen LogP contribution < -0.4 is 10.5 Å². The van der Waals surface area contributed by atoms with Crippen LogP contribution in [0.1, 0.15) is 49.4 Å². The summed E-state index contributed by atoms with van der Waals surface area (Å²) in [6.45, 7) is 2.25. The molecule has 1 aliphatic rings. The molecule has 1 fully saturated rings. The molecular weight excluding hydrogens is 264 g/mol. The Morgan fingerprint density at radius 2 is 1.95 bits per heavy atom. The standard InChI is InChI=1S/C17H26N2O2/c1-4-12-5-7-15(8-6-12)19(2)17(20)13-9-14(18)11-16(10-13)21-3/h9-12,15H,4-8,18H2,1-3H3. The van der Waals surface area contributed by atoms with Crippen LogP contribution in [0, 0.1) is 5.92 Å². The Bertz CT molecular complexity index is 494. The third kappa shape index (κ3) is 3.69. The summed E-state index contributed by atoms with van der Waals surface area (Å²) in [5.41, 5.74) is 7.00. The van der Waals surface area contributed by atoms with Crippen LogP contribution in [-0.4, -0.2) is 31.0 Å². The highest BCUT2D eigenvalue weighted by molar-refractivity contribution is 5.95. The van der Waals surface area contributed by atoms with E-state index in [0.29, 0.717) is 23.0 Å². The van der Waals surface area contributed by atoms with Crippen LogP contribution >= 0.6 is 0 Å². The number of carbonyl (C=O) groups excluding carboxylic acids is 1. The molecule has 0 saturated heterocycles. The maximum absolute atomic E-state index is 12.6. The second-order valence-electron chi connectivity index (χ2n) is 5.99. The Balaban J connectivity index is 2.07. The van der Waals surface area contributed by atoms with Gasteiger partial charge in [-0.2, -0.15) is 0 Å². The van der Waals surface area contributed by atoms with Crippen LogP contribution in [0.5, 0.6) is 5.75 Å². The van der Waals surface area contributed by atoms with Crippen molar-refractivity contribution < 1.29 is 9.53 Å². The number of nitrogens with two attached hydrogens (primary N) is 1. The van der Waals surface area contributed by atoms with Crippen molar-refractivity contribution in [2.75, 3.05) is 19.9 Å². The molecular formula is C17H26N2O2. The van der Waals surface area contributed by atoms with E-state index in [1.165, 1.54) is 19.3 Å². The number of nitrogens with zero attached hydrogens (tertiary/aromatic N) is 1. The van der Waals surface area contributed by atoms with Crippen LogP contribution in [0.4, 0.5) is 5.69 Å². The third-order valence-electron chi connectivity index (χ3n) is 4.67. The van der Waals surface area contributed by atoms with Crippen LogP contribution in [0.2, 0.25) is 0 Å². The second kappa shape index (κ2) is 6.83. The lowest BCUT2D eigenvalue weighted by Gasteiger charge is -2.34. The fraction of sp³-hybridized carbons (Fsp3) is 0.588. The zero-order valence-corrected chi connectivity index (χ0v) is 13.3. The molecule has 0 radical (unpaired) electrons. The Hall–Kier alpha value is -1.71. The molecule has 1 aromatic rings. The topological polar surface area (TPSA) is 55.6 Å². The predicted octanol–water partition coefficient (Wildman–Crippen LogP) is 3.32. The van der Waals surface area contributed by atoms with Gasteiger partial charge in [-0.25, -0.2) is 0 Å². The predicted molar refractivity (Wildman–Crippen MR) is 85.5 cm³/mol. The van der Waals surface area contributed by atoms with Gasteiger partial charge in [-0.3, -0.25) is 4.79 Å². The summed E-state index contributed by atoms with van der Waals surface area (Å²) in [6.07, 6.45) is 5.88. The molecule has 4 heteroatoms. The normalized spacial score (nSPS) is 21.9. The number of carbonyl (C=O) groups is 1. The largest absolute Gasteiger partial charge is 0.497 e. The number of benzene rings is 1. The lowest BCUT2D eigenvalue weighted by atomic mass is 9.84. The number of hydrogen-bond acceptors (Lipinski definition) is 3. The minimum Gasteiger partial charge on any atom is -0.497 e. The summed E-state index contributed by atoms with van der Waals surface area (Å²) in [5, 5.41) is 0. The molecule has 0 unspecified atom stereocenters. The van der Waals surface area contributed by atoms with E-state index in [2.05, 4.69) is 6.92 Å². The average molecular weight is 290 g/mol. The summed E-state index contributed by atoms with van der Waals surface area (Å²) in [7, 11) is 3.48. The van der Waals surface area contributed by atoms with Gasteiger partial charge in [0.15, 0.2) is 0 Å². The average Bonchev–Trinajstić information content (AvgIpc) is 2.52. The molecule has 1 aliphatic carbocycles. The van der Waals surface area contributed by atoms with Crippen molar-refractivity contribution in [3.63, 3.8) is 0 Å². The summed E-state index contributed by atoms with van der Waals surface area (Å²) in [5.74, 6) is 1.49. The van der Waals surface area contributed by atoms with Crippen LogP contribution in [0.25, 0.3) is 0 Å². The molecule has 0 atom stereocenters. The summed E-state index contributed by atoms with van der Waals surface area (Å²) >= 11 is 0. The highest BCUT2D eigenvalue weighted by atomic mass is 16.5. The molecule has 1 amide bonds. The third-order valence-corrected chi connectivity index (χ3v) is 4.67. The van der Waals surface area contributed by atoms with E-state index < -0.39 is 0 Å². The SMILES string of the molecule is CCC1CCC(N(C)C(=O)c2cc(N)cc(OC)c2)CC1. The zero-order chi connectivity index (χ0) is 15.4. The van der Waals surface area contributed by atoms with E-state index >= 15 is 0 Å². The molecule has 21 heavy (non-hydrogen) atoms. The van der Waals surface area contributed by atoms with Gasteiger partial charge in [0.05, 0.1) is 7.11 Å². The quantitative estimate of drug-likeness (QED) is 0.865. The molecule has 0 heterocycles. The molecule has 4 nitrogen and oxygen atoms in total. The first kappa shape index (κ1) is 15.7. The Labute approximate surface area is 127 Å². The second-order valence-corrected chi connectivity index (χ2v) is 5.99. The van der Waals surface area contributed by atoms with E-state index in [9.17, 15) is 4.79 Å². The van der Waals surface area contributed by atoms with Crippen molar-refractivity contribution in [3.8, 4) is 5.75 Å². The molecule has 0 bridgehead atoms. The van der Waals surface area contributed by atoms with Crippen LogP contribution in [0.15, 0.2) is 18.2 Å². The fourth-order valence-electron chi connectivity index (χ4n) is 3.17. The lowest BCUT2D eigenvalue weighted by molar-refractivity contribution is 0.0674. The molecule has 2 rings (SSSR count). The van der Waals surface area contributed by atoms with Gasteiger partial charge in [-0.1, -0.05) is 13.3 Å². The van der Waals surface area contributed by atoms with Gasteiger partial charge in [0, 0.05) is 30.4 Å². The van der Waals surface area contributed by atoms with E-state index in [0.717, 1.165) is 18.8 Å². The molecule has 116 valence electrons. The highest BCUT2D eigenvalue weighted by Crippen LogP contribution is 2.30. The summed E-state index contributed by atoms with van der Waals surface area (Å²) < 4.78 is 5.19.